The standard InChI is InChI=1S/C16H29ClN4/c1-6-11(2)14-9-21(12(3)7-8-18-14)10-15-16(17)13(4)19-20(15)5/h11-12,14,18H,6-10H2,1-5H3. The molecule has 0 saturated carbocycles. The number of nitrogens with zero attached hydrogens (tertiary/aromatic N) is 3. The molecule has 4 nitrogen and oxygen atoms in total. The van der Waals surface area contributed by atoms with E-state index in [2.05, 4.69) is 36.1 Å². The fourth-order valence-corrected chi connectivity index (χ4v) is 3.31. The highest BCUT2D eigenvalue weighted by Gasteiger charge is 2.27. The zero-order valence-corrected chi connectivity index (χ0v) is 14.7. The van der Waals surface area contributed by atoms with Gasteiger partial charge in [0.1, 0.15) is 0 Å². The number of hydrogen-bond donors (Lipinski definition) is 1. The Kier molecular flexibility index (Phi) is 5.69. The summed E-state index contributed by atoms with van der Waals surface area (Å²) in [6, 6.07) is 1.13. The van der Waals surface area contributed by atoms with Crippen LogP contribution in [0.25, 0.3) is 0 Å². The maximum Gasteiger partial charge on any atom is 0.0860 e. The first-order valence-electron chi connectivity index (χ1n) is 8.09. The molecule has 21 heavy (non-hydrogen) atoms. The number of rotatable bonds is 4. The maximum atomic E-state index is 6.42. The molecule has 0 spiro atoms. The summed E-state index contributed by atoms with van der Waals surface area (Å²) in [5, 5.41) is 8.97. The predicted octanol–water partition coefficient (Wildman–Crippen LogP) is 2.98. The normalized spacial score (nSPS) is 25.8. The molecule has 1 N–H and O–H groups in total. The molecule has 0 aliphatic carbocycles. The molecule has 2 rings (SSSR count). The van der Waals surface area contributed by atoms with Gasteiger partial charge in [-0.1, -0.05) is 31.9 Å². The summed E-state index contributed by atoms with van der Waals surface area (Å²) in [4.78, 5) is 2.55. The molecule has 1 saturated heterocycles. The van der Waals surface area contributed by atoms with Gasteiger partial charge in [0.15, 0.2) is 0 Å². The van der Waals surface area contributed by atoms with Crippen LogP contribution in [0.3, 0.4) is 0 Å². The summed E-state index contributed by atoms with van der Waals surface area (Å²) in [5.74, 6) is 0.696. The Morgan fingerprint density at radius 2 is 2.19 bits per heavy atom. The zero-order valence-electron chi connectivity index (χ0n) is 14.0. The third-order valence-electron chi connectivity index (χ3n) is 4.97. The van der Waals surface area contributed by atoms with Crippen molar-refractivity contribution in [3.05, 3.63) is 16.4 Å². The minimum absolute atomic E-state index is 0.563. The second-order valence-electron chi connectivity index (χ2n) is 6.48. The Labute approximate surface area is 133 Å². The van der Waals surface area contributed by atoms with E-state index >= 15 is 0 Å². The van der Waals surface area contributed by atoms with Crippen molar-refractivity contribution < 1.29 is 0 Å². The van der Waals surface area contributed by atoms with E-state index in [-0.39, 0.29) is 0 Å². The van der Waals surface area contributed by atoms with Crippen LogP contribution in [0, 0.1) is 12.8 Å². The number of aromatic nitrogens is 2. The Bertz CT molecular complexity index is 471. The third kappa shape index (κ3) is 3.79. The van der Waals surface area contributed by atoms with Crippen LogP contribution in [0.15, 0.2) is 0 Å². The minimum atomic E-state index is 0.563. The van der Waals surface area contributed by atoms with Crippen molar-refractivity contribution in [1.29, 1.82) is 0 Å². The van der Waals surface area contributed by atoms with Gasteiger partial charge in [-0.05, 0) is 32.7 Å². The summed E-state index contributed by atoms with van der Waals surface area (Å²) in [6.45, 7) is 12.0. The second-order valence-corrected chi connectivity index (χ2v) is 6.86. The Balaban J connectivity index is 2.15. The Hall–Kier alpha value is -0.580. The summed E-state index contributed by atoms with van der Waals surface area (Å²) in [5.41, 5.74) is 2.05. The molecular weight excluding hydrogens is 284 g/mol. The summed E-state index contributed by atoms with van der Waals surface area (Å²) in [6.07, 6.45) is 2.40. The third-order valence-corrected chi connectivity index (χ3v) is 5.46. The molecule has 5 heteroatoms. The maximum absolute atomic E-state index is 6.42. The molecule has 1 aliphatic heterocycles. The first-order chi connectivity index (χ1) is 9.93. The van der Waals surface area contributed by atoms with E-state index < -0.39 is 0 Å². The average molecular weight is 313 g/mol. The van der Waals surface area contributed by atoms with Crippen molar-refractivity contribution in [1.82, 2.24) is 20.0 Å². The first-order valence-corrected chi connectivity index (χ1v) is 8.47. The van der Waals surface area contributed by atoms with E-state index in [1.54, 1.807) is 0 Å². The van der Waals surface area contributed by atoms with Crippen molar-refractivity contribution in [2.75, 3.05) is 13.1 Å². The van der Waals surface area contributed by atoms with Crippen molar-refractivity contribution >= 4 is 11.6 Å². The topological polar surface area (TPSA) is 33.1 Å². The van der Waals surface area contributed by atoms with Gasteiger partial charge in [-0.2, -0.15) is 5.10 Å². The minimum Gasteiger partial charge on any atom is -0.312 e. The summed E-state index contributed by atoms with van der Waals surface area (Å²) < 4.78 is 1.93. The number of nitrogens with one attached hydrogen (secondary N) is 1. The van der Waals surface area contributed by atoms with Crippen LogP contribution < -0.4 is 5.32 Å². The molecule has 0 aromatic carbocycles. The van der Waals surface area contributed by atoms with Crippen LogP contribution in [-0.2, 0) is 13.6 Å². The van der Waals surface area contributed by atoms with E-state index in [0.29, 0.717) is 18.0 Å². The first kappa shape index (κ1) is 16.8. The molecule has 1 aliphatic rings. The molecule has 3 unspecified atom stereocenters. The highest BCUT2D eigenvalue weighted by Crippen LogP contribution is 2.24. The molecule has 120 valence electrons. The van der Waals surface area contributed by atoms with E-state index in [4.69, 9.17) is 11.6 Å². The van der Waals surface area contributed by atoms with Gasteiger partial charge in [-0.25, -0.2) is 0 Å². The largest absolute Gasteiger partial charge is 0.312 e. The van der Waals surface area contributed by atoms with Crippen LogP contribution >= 0.6 is 11.6 Å². The SMILES string of the molecule is CCC(C)C1CN(Cc2c(Cl)c(C)nn2C)C(C)CCN1. The highest BCUT2D eigenvalue weighted by molar-refractivity contribution is 6.31. The lowest BCUT2D eigenvalue weighted by Crippen LogP contribution is -2.43. The van der Waals surface area contributed by atoms with Crippen molar-refractivity contribution in [3.8, 4) is 0 Å². The number of halogens is 1. The Morgan fingerprint density at radius 3 is 2.76 bits per heavy atom. The lowest BCUT2D eigenvalue weighted by Gasteiger charge is -2.31. The molecule has 3 atom stereocenters. The van der Waals surface area contributed by atoms with E-state index in [9.17, 15) is 0 Å². The van der Waals surface area contributed by atoms with Crippen LogP contribution in [-0.4, -0.2) is 39.9 Å². The van der Waals surface area contributed by atoms with Crippen LogP contribution in [0.4, 0.5) is 0 Å². The summed E-state index contributed by atoms with van der Waals surface area (Å²) >= 11 is 6.42. The van der Waals surface area contributed by atoms with Crippen molar-refractivity contribution in [2.24, 2.45) is 13.0 Å². The molecule has 1 aromatic rings. The van der Waals surface area contributed by atoms with Gasteiger partial charge >= 0.3 is 0 Å². The van der Waals surface area contributed by atoms with Gasteiger partial charge in [0, 0.05) is 32.2 Å². The van der Waals surface area contributed by atoms with Gasteiger partial charge in [0.25, 0.3) is 0 Å². The predicted molar refractivity (Wildman–Crippen MR) is 88.7 cm³/mol. The Morgan fingerprint density at radius 1 is 1.48 bits per heavy atom. The summed E-state index contributed by atoms with van der Waals surface area (Å²) in [7, 11) is 1.99. The van der Waals surface area contributed by atoms with Crippen LogP contribution in [0.5, 0.6) is 0 Å². The molecule has 0 radical (unpaired) electrons. The second kappa shape index (κ2) is 7.12. The lowest BCUT2D eigenvalue weighted by molar-refractivity contribution is 0.176. The van der Waals surface area contributed by atoms with Crippen molar-refractivity contribution in [2.45, 2.75) is 59.2 Å². The van der Waals surface area contributed by atoms with E-state index in [1.807, 2.05) is 18.7 Å². The molecular formula is C16H29ClN4. The van der Waals surface area contributed by atoms with Crippen LogP contribution in [0.1, 0.15) is 45.0 Å². The van der Waals surface area contributed by atoms with E-state index in [1.165, 1.54) is 12.8 Å². The fourth-order valence-electron chi connectivity index (χ4n) is 3.09. The molecule has 1 fully saturated rings. The monoisotopic (exact) mass is 312 g/mol. The zero-order chi connectivity index (χ0) is 15.6. The number of aryl methyl sites for hydroxylation is 2. The highest BCUT2D eigenvalue weighted by atomic mass is 35.5. The average Bonchev–Trinajstić information content (AvgIpc) is 2.62. The smallest absolute Gasteiger partial charge is 0.0860 e. The lowest BCUT2D eigenvalue weighted by atomic mass is 9.99. The molecule has 1 aromatic heterocycles. The molecule has 0 bridgehead atoms. The van der Waals surface area contributed by atoms with Crippen LogP contribution in [0.2, 0.25) is 5.02 Å². The van der Waals surface area contributed by atoms with Gasteiger partial charge in [0.2, 0.25) is 0 Å². The number of hydrogen-bond acceptors (Lipinski definition) is 3. The fraction of sp³-hybridized carbons (Fsp3) is 0.812. The van der Waals surface area contributed by atoms with Gasteiger partial charge in [-0.15, -0.1) is 0 Å². The van der Waals surface area contributed by atoms with E-state index in [0.717, 1.165) is 36.0 Å². The molecule has 0 amide bonds. The quantitative estimate of drug-likeness (QED) is 0.928. The van der Waals surface area contributed by atoms with Gasteiger partial charge in [0.05, 0.1) is 16.4 Å². The van der Waals surface area contributed by atoms with Gasteiger partial charge in [-0.3, -0.25) is 9.58 Å². The molecule has 2 heterocycles. The van der Waals surface area contributed by atoms with Crippen molar-refractivity contribution in [3.63, 3.8) is 0 Å². The van der Waals surface area contributed by atoms with Gasteiger partial charge < -0.3 is 5.32 Å².